The molecule has 7 aromatic heterocycles. The van der Waals surface area contributed by atoms with Crippen LogP contribution in [0, 0.1) is 0 Å². The molecule has 38 heteroatoms. The van der Waals surface area contributed by atoms with Gasteiger partial charge in [-0.05, 0) is 6.07 Å². The number of fused-ring (bicyclic) bond motifs is 3. The second-order valence-electron chi connectivity index (χ2n) is 19.6. The van der Waals surface area contributed by atoms with Gasteiger partial charge in [-0.2, -0.15) is 9.97 Å². The predicted octanol–water partition coefficient (Wildman–Crippen LogP) is -1.02. The van der Waals surface area contributed by atoms with Crippen molar-refractivity contribution in [2.24, 2.45) is 0 Å². The van der Waals surface area contributed by atoms with Crippen LogP contribution in [0.4, 0.5) is 23.4 Å². The number of nitrogen functional groups attached to an aromatic ring is 4. The second kappa shape index (κ2) is 22.2. The van der Waals surface area contributed by atoms with Crippen molar-refractivity contribution < 1.29 is 51.3 Å². The van der Waals surface area contributed by atoms with Gasteiger partial charge in [-0.15, -0.1) is 0 Å². The summed E-state index contributed by atoms with van der Waals surface area (Å²) in [5, 5.41) is 13.5. The average Bonchev–Trinajstić information content (AvgIpc) is 4.40. The molecule has 4 aliphatic heterocycles. The predicted molar refractivity (Wildman–Crippen MR) is 284 cm³/mol. The summed E-state index contributed by atoms with van der Waals surface area (Å²) in [5.74, 6) is 0.172. The number of nitrogens with one attached hydrogen (secondary N) is 2. The fourth-order valence-corrected chi connectivity index (χ4v) is 14.4. The number of hydrogen-bond acceptors (Lipinski definition) is 27. The number of rotatable bonds is 17. The van der Waals surface area contributed by atoms with Gasteiger partial charge in [-0.3, -0.25) is 41.7 Å². The number of aromatic amines is 1. The Kier molecular flexibility index (Phi) is 15.5. The van der Waals surface area contributed by atoms with Gasteiger partial charge in [0.25, 0.3) is 28.1 Å². The Morgan fingerprint density at radius 1 is 0.575 bits per heavy atom. The smallest absolute Gasteiger partial charge is 0.351 e. The fraction of sp³-hybridized carbons (Fsp3) is 0.548. The van der Waals surface area contributed by atoms with Crippen molar-refractivity contribution in [2.45, 2.75) is 49.3 Å². The quantitative estimate of drug-likeness (QED) is 0.0537. The van der Waals surface area contributed by atoms with Crippen molar-refractivity contribution in [3.05, 3.63) is 64.7 Å². The lowest BCUT2D eigenvalue weighted by Gasteiger charge is -2.43. The lowest BCUT2D eigenvalue weighted by molar-refractivity contribution is -0.126. The lowest BCUT2D eigenvalue weighted by atomic mass is 10.3. The summed E-state index contributed by atoms with van der Waals surface area (Å²) in [7, 11) is -11.4. The van der Waals surface area contributed by atoms with Crippen molar-refractivity contribution in [1.29, 1.82) is 0 Å². The number of aromatic nitrogens is 14. The Hall–Kier alpha value is -6.26. The van der Waals surface area contributed by atoms with E-state index in [-0.39, 0.29) is 93.7 Å². The Labute approximate surface area is 452 Å². The third-order valence-electron chi connectivity index (χ3n) is 14.0. The first-order valence-electron chi connectivity index (χ1n) is 25.0. The summed E-state index contributed by atoms with van der Waals surface area (Å²) in [6.45, 7) is 3.63. The number of H-pyrrole nitrogens is 1. The monoisotopic (exact) mass is 1170 g/mol. The number of morpholine rings is 4. The van der Waals surface area contributed by atoms with Crippen LogP contribution in [0.5, 0.6) is 0 Å². The maximum atomic E-state index is 15.2. The highest BCUT2D eigenvalue weighted by Crippen LogP contribution is 2.54. The molecular formula is C42H59N22O13P3. The highest BCUT2D eigenvalue weighted by atomic mass is 31.2. The van der Waals surface area contributed by atoms with Crippen molar-refractivity contribution >= 4 is 79.5 Å². The molecule has 4 fully saturated rings. The molecule has 11 N–H and O–H groups in total. The van der Waals surface area contributed by atoms with Crippen LogP contribution in [0.3, 0.4) is 0 Å². The zero-order chi connectivity index (χ0) is 56.3. The third-order valence-corrected chi connectivity index (χ3v) is 19.9. The summed E-state index contributed by atoms with van der Waals surface area (Å²) in [6, 6.07) is 1.48. The minimum Gasteiger partial charge on any atom is -0.394 e. The molecule has 11 rings (SSSR count). The van der Waals surface area contributed by atoms with Gasteiger partial charge in [0.1, 0.15) is 48.2 Å². The average molecular weight is 1170 g/mol. The molecule has 4 saturated heterocycles. The second-order valence-corrected chi connectivity index (χ2v) is 26.9. The molecule has 0 amide bonds. The summed E-state index contributed by atoms with van der Waals surface area (Å²) >= 11 is 0. The first kappa shape index (κ1) is 55.6. The molecule has 0 aromatic carbocycles. The molecular weight excluding hydrogens is 1110 g/mol. The van der Waals surface area contributed by atoms with Gasteiger partial charge in [0, 0.05) is 58.9 Å². The number of nitrogens with two attached hydrogens (primary N) is 4. The van der Waals surface area contributed by atoms with Crippen LogP contribution in [0.1, 0.15) is 24.9 Å². The van der Waals surface area contributed by atoms with Gasteiger partial charge in [0.15, 0.2) is 40.3 Å². The Morgan fingerprint density at radius 2 is 1.04 bits per heavy atom. The number of nitrogens with zero attached hydrogens (tertiary/aromatic N) is 16. The van der Waals surface area contributed by atoms with E-state index in [1.807, 2.05) is 0 Å². The zero-order valence-corrected chi connectivity index (χ0v) is 46.0. The Bertz CT molecular complexity index is 3690. The van der Waals surface area contributed by atoms with Crippen molar-refractivity contribution in [2.75, 3.05) is 122 Å². The molecule has 80 heavy (non-hydrogen) atoms. The van der Waals surface area contributed by atoms with E-state index in [1.165, 1.54) is 73.0 Å². The molecule has 35 nitrogen and oxygen atoms in total. The van der Waals surface area contributed by atoms with E-state index < -0.39 is 89.7 Å². The summed E-state index contributed by atoms with van der Waals surface area (Å²) in [4.78, 5) is 65.8. The van der Waals surface area contributed by atoms with Crippen molar-refractivity contribution in [3.8, 4) is 0 Å². The van der Waals surface area contributed by atoms with Crippen LogP contribution in [-0.2, 0) is 46.2 Å². The zero-order valence-electron chi connectivity index (χ0n) is 43.3. The van der Waals surface area contributed by atoms with Gasteiger partial charge in [0.05, 0.1) is 89.5 Å². The first-order chi connectivity index (χ1) is 38.2. The number of ether oxygens (including phenoxy) is 4. The van der Waals surface area contributed by atoms with Crippen LogP contribution >= 0.6 is 22.6 Å². The summed E-state index contributed by atoms with van der Waals surface area (Å²) in [6.07, 6.45) is 1.53. The van der Waals surface area contributed by atoms with Crippen molar-refractivity contribution in [1.82, 2.24) is 87.4 Å². The number of aliphatic hydroxyl groups is 1. The minimum atomic E-state index is -3.92. The molecule has 11 atom stereocenters. The number of hydrogen-bond donors (Lipinski definition) is 7. The topological polar surface area (TPSA) is 448 Å². The van der Waals surface area contributed by atoms with E-state index >= 15 is 4.57 Å². The lowest BCUT2D eigenvalue weighted by Crippen LogP contribution is -2.48. The van der Waals surface area contributed by atoms with Gasteiger partial charge in [-0.25, -0.2) is 53.7 Å². The van der Waals surface area contributed by atoms with E-state index in [1.54, 1.807) is 23.1 Å². The maximum Gasteiger partial charge on any atom is 0.351 e. The molecule has 7 aromatic rings. The van der Waals surface area contributed by atoms with E-state index in [2.05, 4.69) is 55.2 Å². The normalized spacial score (nSPS) is 27.1. The van der Waals surface area contributed by atoms with Crippen LogP contribution in [0.25, 0.3) is 33.5 Å². The van der Waals surface area contributed by atoms with Gasteiger partial charge >= 0.3 is 5.69 Å². The number of imidazole rings is 3. The Morgan fingerprint density at radius 3 is 1.55 bits per heavy atom. The van der Waals surface area contributed by atoms with Gasteiger partial charge < -0.3 is 65.9 Å². The number of anilines is 4. The molecule has 2 unspecified atom stereocenters. The largest absolute Gasteiger partial charge is 0.394 e. The fourth-order valence-electron chi connectivity index (χ4n) is 9.85. The molecule has 0 saturated carbocycles. The maximum absolute atomic E-state index is 15.2. The van der Waals surface area contributed by atoms with E-state index in [0.717, 1.165) is 0 Å². The highest BCUT2D eigenvalue weighted by molar-refractivity contribution is 7.56. The van der Waals surface area contributed by atoms with Crippen LogP contribution < -0.4 is 39.5 Å². The Balaban J connectivity index is 0.820. The van der Waals surface area contributed by atoms with Gasteiger partial charge in [0.2, 0.25) is 5.95 Å². The van der Waals surface area contributed by atoms with E-state index in [0.29, 0.717) is 35.4 Å². The molecule has 430 valence electrons. The summed E-state index contributed by atoms with van der Waals surface area (Å²) < 4.78 is 99.8. The molecule has 0 spiro atoms. The molecule has 0 radical (unpaired) electrons. The molecule has 0 aliphatic carbocycles. The minimum absolute atomic E-state index is 0.00691. The van der Waals surface area contributed by atoms with E-state index in [9.17, 15) is 23.8 Å². The number of aliphatic hydroxyl groups excluding tert-OH is 1. The molecule has 11 heterocycles. The van der Waals surface area contributed by atoms with Gasteiger partial charge in [-0.1, -0.05) is 0 Å². The third kappa shape index (κ3) is 11.4. The SMILES string of the molecule is C[P@](=O)(OCC1CNC[C@H](n2ccc(N)nc2=O)O1)N1CC(CO[P@](C)(=O)N2C[C@@H](CO[P@](C)(=O)N3C[C@@H](CO)O[C@@H](n4cnc5c(N)ncnc54)C3)O[C@@H](n3cnc4c(=O)[nH]c(N)nc43)C2)O[C@@H](n2cnc3c(N)ncnc32)C1. The van der Waals surface area contributed by atoms with Crippen LogP contribution in [-0.4, -0.2) is 210 Å². The first-order valence-corrected chi connectivity index (χ1v) is 31.1. The summed E-state index contributed by atoms with van der Waals surface area (Å²) in [5.41, 5.74) is 24.1. The van der Waals surface area contributed by atoms with Crippen molar-refractivity contribution in [3.63, 3.8) is 0 Å². The molecule has 0 bridgehead atoms. The molecule has 4 aliphatic rings. The van der Waals surface area contributed by atoms with Crippen LogP contribution in [0.2, 0.25) is 0 Å². The van der Waals surface area contributed by atoms with Crippen LogP contribution in [0.15, 0.2) is 53.5 Å². The van der Waals surface area contributed by atoms with E-state index in [4.69, 9.17) is 55.5 Å². The standard InChI is InChI=1S/C42H59N22O13P3/c1-78(68,58-8-24(14-65)75-29(11-58)62-20-52-32-35(44)48-18-50-37(32)62)72-17-26-10-60(13-31(77-26)64-22-54-34-39(64)56-41(46)57-40(34)66)80(3,70)73-16-25-9-59(12-30(76-25)63-21-53-33-36(45)49-19-51-38(33)63)79(2,69)71-15-23-6-47-7-28(74-23)61-5-4-27(43)55-42(61)67/h4-5,18-26,28-31,47,65H,6-17H2,1-3H3,(H2,43,55,67)(H2,44,48,50)(H2,45,49,51)(H3,46,56,57,66)/t23?,24-,25?,26-,28+,29+,30+,31+,78-,79-,80-/m0/s1. The highest BCUT2D eigenvalue weighted by Gasteiger charge is 2.44.